The average molecular weight is 558 g/mol. The van der Waals surface area contributed by atoms with Crippen molar-refractivity contribution in [2.45, 2.75) is 13.8 Å². The van der Waals surface area contributed by atoms with Gasteiger partial charge >= 0.3 is 0 Å². The highest BCUT2D eigenvalue weighted by Crippen LogP contribution is 2.33. The first-order chi connectivity index (χ1) is 17.6. The van der Waals surface area contributed by atoms with Gasteiger partial charge in [-0.2, -0.15) is 10.1 Å². The smallest absolute Gasteiger partial charge is 0.283 e. The van der Waals surface area contributed by atoms with Crippen LogP contribution in [0.3, 0.4) is 0 Å². The van der Waals surface area contributed by atoms with Crippen LogP contribution in [-0.4, -0.2) is 29.7 Å². The third kappa shape index (κ3) is 4.90. The van der Waals surface area contributed by atoms with Crippen LogP contribution in [0.15, 0.2) is 99.4 Å². The fourth-order valence-electron chi connectivity index (χ4n) is 4.14. The molecule has 1 aromatic heterocycles. The minimum Gasteiger partial charge on any atom is -0.372 e. The van der Waals surface area contributed by atoms with E-state index in [9.17, 15) is 4.79 Å². The second-order valence-corrected chi connectivity index (χ2v) is 10.0. The summed E-state index contributed by atoms with van der Waals surface area (Å²) in [7, 11) is 0. The summed E-state index contributed by atoms with van der Waals surface area (Å²) >= 11 is 4.88. The molecule has 0 atom stereocenters. The van der Waals surface area contributed by atoms with Crippen LogP contribution in [-0.2, 0) is 4.79 Å². The lowest BCUT2D eigenvalue weighted by molar-refractivity contribution is -0.114. The third-order valence-electron chi connectivity index (χ3n) is 6.07. The summed E-state index contributed by atoms with van der Waals surface area (Å²) in [6.07, 6.45) is 1.92. The second-order valence-electron chi connectivity index (χ2n) is 8.28. The first kappa shape index (κ1) is 24.2. The predicted octanol–water partition coefficient (Wildman–Crippen LogP) is 7.25. The van der Waals surface area contributed by atoms with Crippen LogP contribution in [0.2, 0.25) is 0 Å². The number of rotatable bonds is 7. The molecule has 0 radical (unpaired) electrons. The fraction of sp³-hybridized carbons (Fsp3) is 0.138. The lowest BCUT2D eigenvalue weighted by Crippen LogP contribution is -2.21. The Morgan fingerprint density at radius 1 is 0.917 bits per heavy atom. The SMILES string of the molecule is CCN(CC)c1ccc(/C=C2\C(=O)N(c3nc(-c4ccc(Br)cc4)cs3)N=C2c2ccccc2)cc1. The Bertz CT molecular complexity index is 1420. The van der Waals surface area contributed by atoms with Crippen LogP contribution >= 0.6 is 27.3 Å². The van der Waals surface area contributed by atoms with Gasteiger partial charge in [-0.1, -0.05) is 70.5 Å². The maximum atomic E-state index is 13.6. The van der Waals surface area contributed by atoms with Gasteiger partial charge in [0.1, 0.15) is 5.71 Å². The van der Waals surface area contributed by atoms with Crippen LogP contribution in [0.5, 0.6) is 0 Å². The number of halogens is 1. The molecule has 5 nitrogen and oxygen atoms in total. The largest absolute Gasteiger partial charge is 0.372 e. The minimum atomic E-state index is -0.182. The number of hydrogen-bond acceptors (Lipinski definition) is 5. The Morgan fingerprint density at radius 3 is 2.28 bits per heavy atom. The van der Waals surface area contributed by atoms with Crippen molar-refractivity contribution in [1.82, 2.24) is 4.98 Å². The van der Waals surface area contributed by atoms with Gasteiger partial charge in [0.25, 0.3) is 5.91 Å². The van der Waals surface area contributed by atoms with Crippen LogP contribution in [0.4, 0.5) is 10.8 Å². The van der Waals surface area contributed by atoms with Crippen molar-refractivity contribution in [1.29, 1.82) is 0 Å². The highest BCUT2D eigenvalue weighted by molar-refractivity contribution is 9.10. The van der Waals surface area contributed by atoms with Gasteiger partial charge in [0, 0.05) is 39.8 Å². The van der Waals surface area contributed by atoms with Crippen molar-refractivity contribution in [3.63, 3.8) is 0 Å². The summed E-state index contributed by atoms with van der Waals surface area (Å²) in [5.74, 6) is -0.182. The molecule has 0 N–H and O–H groups in total. The lowest BCUT2D eigenvalue weighted by atomic mass is 10.0. The molecule has 0 fully saturated rings. The Hall–Kier alpha value is -3.55. The second kappa shape index (κ2) is 10.6. The Labute approximate surface area is 223 Å². The summed E-state index contributed by atoms with van der Waals surface area (Å²) < 4.78 is 1.01. The first-order valence-corrected chi connectivity index (χ1v) is 13.5. The highest BCUT2D eigenvalue weighted by Gasteiger charge is 2.33. The Kier molecular flexibility index (Phi) is 7.11. The first-order valence-electron chi connectivity index (χ1n) is 11.8. The minimum absolute atomic E-state index is 0.182. The number of carbonyl (C=O) groups is 1. The van der Waals surface area contributed by atoms with Crippen molar-refractivity contribution >= 4 is 55.8 Å². The van der Waals surface area contributed by atoms with Crippen molar-refractivity contribution in [3.8, 4) is 11.3 Å². The molecule has 7 heteroatoms. The molecule has 0 bridgehead atoms. The topological polar surface area (TPSA) is 48.8 Å². The number of hydrogen-bond donors (Lipinski definition) is 0. The maximum absolute atomic E-state index is 13.6. The number of amides is 1. The van der Waals surface area contributed by atoms with Gasteiger partial charge in [0.15, 0.2) is 0 Å². The summed E-state index contributed by atoms with van der Waals surface area (Å²) in [4.78, 5) is 20.7. The molecular weight excluding hydrogens is 532 g/mol. The molecule has 0 unspecified atom stereocenters. The molecule has 4 aromatic rings. The molecule has 3 aromatic carbocycles. The zero-order valence-electron chi connectivity index (χ0n) is 20.1. The van der Waals surface area contributed by atoms with E-state index in [2.05, 4.69) is 46.8 Å². The van der Waals surface area contributed by atoms with E-state index in [0.29, 0.717) is 16.4 Å². The molecule has 0 saturated carbocycles. The van der Waals surface area contributed by atoms with Gasteiger partial charge in [0.2, 0.25) is 5.13 Å². The summed E-state index contributed by atoms with van der Waals surface area (Å²) in [6, 6.07) is 26.1. The lowest BCUT2D eigenvalue weighted by Gasteiger charge is -2.20. The number of carbonyl (C=O) groups excluding carboxylic acids is 1. The molecule has 5 rings (SSSR count). The van der Waals surface area contributed by atoms with E-state index in [-0.39, 0.29) is 5.91 Å². The number of hydrazone groups is 1. The van der Waals surface area contributed by atoms with Crippen LogP contribution in [0, 0.1) is 0 Å². The fourth-order valence-corrected chi connectivity index (χ4v) is 5.18. The predicted molar refractivity (Wildman–Crippen MR) is 154 cm³/mol. The number of anilines is 2. The quantitative estimate of drug-likeness (QED) is 0.225. The number of nitrogens with zero attached hydrogens (tertiary/aromatic N) is 4. The van der Waals surface area contributed by atoms with Crippen molar-refractivity contribution in [2.75, 3.05) is 23.0 Å². The van der Waals surface area contributed by atoms with E-state index >= 15 is 0 Å². The molecule has 1 aliphatic rings. The molecule has 180 valence electrons. The van der Waals surface area contributed by atoms with Gasteiger partial charge in [-0.25, -0.2) is 4.98 Å². The van der Waals surface area contributed by atoms with Crippen molar-refractivity contribution in [2.24, 2.45) is 5.10 Å². The van der Waals surface area contributed by atoms with Gasteiger partial charge in [-0.15, -0.1) is 11.3 Å². The van der Waals surface area contributed by atoms with Crippen molar-refractivity contribution in [3.05, 3.63) is 105 Å². The third-order valence-corrected chi connectivity index (χ3v) is 7.42. The molecule has 0 spiro atoms. The van der Waals surface area contributed by atoms with E-state index < -0.39 is 0 Å². The molecule has 0 aliphatic carbocycles. The zero-order valence-corrected chi connectivity index (χ0v) is 22.5. The summed E-state index contributed by atoms with van der Waals surface area (Å²) in [5, 5.41) is 8.67. The van der Waals surface area contributed by atoms with Crippen LogP contribution in [0.1, 0.15) is 25.0 Å². The molecule has 36 heavy (non-hydrogen) atoms. The highest BCUT2D eigenvalue weighted by atomic mass is 79.9. The number of thiazole rings is 1. The van der Waals surface area contributed by atoms with E-state index in [1.165, 1.54) is 22.0 Å². The van der Waals surface area contributed by atoms with E-state index in [1.54, 1.807) is 0 Å². The molecule has 0 saturated heterocycles. The maximum Gasteiger partial charge on any atom is 0.283 e. The molecule has 1 aliphatic heterocycles. The van der Waals surface area contributed by atoms with E-state index in [4.69, 9.17) is 10.1 Å². The monoisotopic (exact) mass is 556 g/mol. The Morgan fingerprint density at radius 2 is 1.61 bits per heavy atom. The standard InChI is InChI=1S/C29H25BrN4OS/c1-3-33(4-2)24-16-10-20(11-17-24)18-25-27(22-8-6-5-7-9-22)32-34(28(25)35)29-31-26(19-36-29)21-12-14-23(30)15-13-21/h5-19H,3-4H2,1-2H3/b25-18-. The van der Waals surface area contributed by atoms with Crippen LogP contribution < -0.4 is 9.91 Å². The van der Waals surface area contributed by atoms with Gasteiger partial charge in [0.05, 0.1) is 11.3 Å². The molecule has 1 amide bonds. The summed E-state index contributed by atoms with van der Waals surface area (Å²) in [6.45, 7) is 6.19. The number of aromatic nitrogens is 1. The molecular formula is C29H25BrN4OS. The zero-order chi connectivity index (χ0) is 25.1. The van der Waals surface area contributed by atoms with E-state index in [1.807, 2.05) is 78.2 Å². The summed E-state index contributed by atoms with van der Waals surface area (Å²) in [5.41, 5.74) is 6.02. The van der Waals surface area contributed by atoms with Gasteiger partial charge in [-0.3, -0.25) is 4.79 Å². The normalized spacial score (nSPS) is 14.4. The van der Waals surface area contributed by atoms with Gasteiger partial charge in [-0.05, 0) is 49.8 Å². The Balaban J connectivity index is 1.50. The van der Waals surface area contributed by atoms with Gasteiger partial charge < -0.3 is 4.90 Å². The number of benzene rings is 3. The molecule has 2 heterocycles. The van der Waals surface area contributed by atoms with E-state index in [0.717, 1.165) is 39.9 Å². The average Bonchev–Trinajstić information content (AvgIpc) is 3.52. The van der Waals surface area contributed by atoms with Crippen molar-refractivity contribution < 1.29 is 4.79 Å². The van der Waals surface area contributed by atoms with Crippen LogP contribution in [0.25, 0.3) is 17.3 Å².